The predicted octanol–water partition coefficient (Wildman–Crippen LogP) is 2.35. The zero-order chi connectivity index (χ0) is 12.4. The Hall–Kier alpha value is -2.69. The molecular formula is C13H11N5. The van der Waals surface area contributed by atoms with Crippen LogP contribution in [-0.4, -0.2) is 15.0 Å². The lowest BCUT2D eigenvalue weighted by Gasteiger charge is -2.09. The van der Waals surface area contributed by atoms with Crippen molar-refractivity contribution in [2.24, 2.45) is 0 Å². The van der Waals surface area contributed by atoms with E-state index in [9.17, 15) is 0 Å². The second-order valence-corrected chi connectivity index (χ2v) is 3.82. The molecule has 3 N–H and O–H groups in total. The summed E-state index contributed by atoms with van der Waals surface area (Å²) in [6, 6.07) is 7.88. The normalized spacial score (nSPS) is 10.4. The molecule has 0 saturated heterocycles. The summed E-state index contributed by atoms with van der Waals surface area (Å²) in [6.07, 6.45) is 6.74. The lowest BCUT2D eigenvalue weighted by atomic mass is 10.1. The van der Waals surface area contributed by atoms with Crippen molar-refractivity contribution >= 4 is 28.1 Å². The highest BCUT2D eigenvalue weighted by molar-refractivity contribution is 5.95. The van der Waals surface area contributed by atoms with Crippen molar-refractivity contribution in [3.8, 4) is 0 Å². The summed E-state index contributed by atoms with van der Waals surface area (Å²) >= 11 is 0. The Labute approximate surface area is 104 Å². The van der Waals surface area contributed by atoms with Gasteiger partial charge in [0.25, 0.3) is 0 Å². The van der Waals surface area contributed by atoms with Gasteiger partial charge in [-0.1, -0.05) is 12.1 Å². The van der Waals surface area contributed by atoms with Gasteiger partial charge in [0, 0.05) is 41.2 Å². The van der Waals surface area contributed by atoms with Crippen LogP contribution in [0.5, 0.6) is 0 Å². The minimum atomic E-state index is 0.378. The molecule has 1 aromatic carbocycles. The molecule has 0 fully saturated rings. The minimum Gasteiger partial charge on any atom is -0.381 e. The maximum Gasteiger partial charge on any atom is 0.173 e. The molecule has 0 radical (unpaired) electrons. The van der Waals surface area contributed by atoms with E-state index in [1.807, 2.05) is 30.5 Å². The highest BCUT2D eigenvalue weighted by atomic mass is 15.1. The number of fused-ring (bicyclic) bond motifs is 1. The van der Waals surface area contributed by atoms with Gasteiger partial charge in [-0.2, -0.15) is 0 Å². The lowest BCUT2D eigenvalue weighted by Crippen LogP contribution is -2.01. The summed E-state index contributed by atoms with van der Waals surface area (Å²) in [7, 11) is 0. The van der Waals surface area contributed by atoms with E-state index >= 15 is 0 Å². The second kappa shape index (κ2) is 4.29. The number of pyridine rings is 1. The number of hydrogen-bond acceptors (Lipinski definition) is 5. The fourth-order valence-electron chi connectivity index (χ4n) is 1.80. The Bertz CT molecular complexity index is 690. The SMILES string of the molecule is Nc1nccnc1Nc1cccc2cnccc12. The summed E-state index contributed by atoms with van der Waals surface area (Å²) in [4.78, 5) is 12.3. The summed E-state index contributed by atoms with van der Waals surface area (Å²) in [5.74, 6) is 0.936. The molecule has 0 aliphatic carbocycles. The van der Waals surface area contributed by atoms with Gasteiger partial charge in [0.1, 0.15) is 0 Å². The maximum atomic E-state index is 5.76. The van der Waals surface area contributed by atoms with Crippen molar-refractivity contribution in [2.45, 2.75) is 0 Å². The molecule has 0 unspecified atom stereocenters. The molecule has 0 aliphatic rings. The summed E-state index contributed by atoms with van der Waals surface area (Å²) in [5.41, 5.74) is 6.70. The van der Waals surface area contributed by atoms with Crippen LogP contribution in [0.3, 0.4) is 0 Å². The fourth-order valence-corrected chi connectivity index (χ4v) is 1.80. The van der Waals surface area contributed by atoms with Gasteiger partial charge in [-0.3, -0.25) is 4.98 Å². The van der Waals surface area contributed by atoms with E-state index in [1.165, 1.54) is 0 Å². The van der Waals surface area contributed by atoms with Gasteiger partial charge in [0.15, 0.2) is 11.6 Å². The van der Waals surface area contributed by atoms with Crippen molar-refractivity contribution in [1.82, 2.24) is 15.0 Å². The van der Waals surface area contributed by atoms with Crippen molar-refractivity contribution in [1.29, 1.82) is 0 Å². The Morgan fingerprint density at radius 3 is 2.78 bits per heavy atom. The van der Waals surface area contributed by atoms with Crippen LogP contribution in [0.15, 0.2) is 49.1 Å². The number of aromatic nitrogens is 3. The number of hydrogen-bond donors (Lipinski definition) is 2. The van der Waals surface area contributed by atoms with Crippen LogP contribution in [0.2, 0.25) is 0 Å². The second-order valence-electron chi connectivity index (χ2n) is 3.82. The molecule has 5 heteroatoms. The minimum absolute atomic E-state index is 0.378. The van der Waals surface area contributed by atoms with Crippen molar-refractivity contribution in [3.63, 3.8) is 0 Å². The van der Waals surface area contributed by atoms with Crippen LogP contribution in [0.1, 0.15) is 0 Å². The third-order valence-corrected chi connectivity index (χ3v) is 2.66. The zero-order valence-corrected chi connectivity index (χ0v) is 9.54. The van der Waals surface area contributed by atoms with E-state index in [2.05, 4.69) is 20.3 Å². The highest BCUT2D eigenvalue weighted by Gasteiger charge is 2.04. The first-order chi connectivity index (χ1) is 8.84. The monoisotopic (exact) mass is 237 g/mol. The Kier molecular flexibility index (Phi) is 2.49. The van der Waals surface area contributed by atoms with Gasteiger partial charge in [0.05, 0.1) is 0 Å². The maximum absolute atomic E-state index is 5.76. The molecule has 2 heterocycles. The molecular weight excluding hydrogens is 226 g/mol. The van der Waals surface area contributed by atoms with E-state index in [4.69, 9.17) is 5.73 Å². The predicted molar refractivity (Wildman–Crippen MR) is 71.5 cm³/mol. The largest absolute Gasteiger partial charge is 0.381 e. The van der Waals surface area contributed by atoms with Crippen molar-refractivity contribution in [3.05, 3.63) is 49.1 Å². The van der Waals surface area contributed by atoms with Crippen LogP contribution in [-0.2, 0) is 0 Å². The molecule has 88 valence electrons. The van der Waals surface area contributed by atoms with Crippen molar-refractivity contribution < 1.29 is 0 Å². The molecule has 0 bridgehead atoms. The zero-order valence-electron chi connectivity index (χ0n) is 9.54. The summed E-state index contributed by atoms with van der Waals surface area (Å²) in [6.45, 7) is 0. The van der Waals surface area contributed by atoms with E-state index in [1.54, 1.807) is 18.6 Å². The summed E-state index contributed by atoms with van der Waals surface area (Å²) in [5, 5.41) is 5.32. The summed E-state index contributed by atoms with van der Waals surface area (Å²) < 4.78 is 0. The first kappa shape index (κ1) is 10.5. The van der Waals surface area contributed by atoms with Crippen LogP contribution in [0, 0.1) is 0 Å². The average molecular weight is 237 g/mol. The average Bonchev–Trinajstić information content (AvgIpc) is 2.42. The van der Waals surface area contributed by atoms with E-state index < -0.39 is 0 Å². The van der Waals surface area contributed by atoms with Crippen LogP contribution >= 0.6 is 0 Å². The molecule has 0 saturated carbocycles. The number of nitrogens with two attached hydrogens (primary N) is 1. The molecule has 2 aromatic heterocycles. The Balaban J connectivity index is 2.08. The van der Waals surface area contributed by atoms with E-state index in [0.717, 1.165) is 16.5 Å². The van der Waals surface area contributed by atoms with Gasteiger partial charge < -0.3 is 11.1 Å². The molecule has 5 nitrogen and oxygen atoms in total. The first-order valence-electron chi connectivity index (χ1n) is 5.51. The molecule has 18 heavy (non-hydrogen) atoms. The quantitative estimate of drug-likeness (QED) is 0.715. The van der Waals surface area contributed by atoms with Gasteiger partial charge in [-0.05, 0) is 12.1 Å². The molecule has 0 aliphatic heterocycles. The number of rotatable bonds is 2. The standard InChI is InChI=1S/C13H11N5/c14-12-13(17-7-6-16-12)18-11-3-1-2-9-8-15-5-4-10(9)11/h1-8H,(H2,14,16)(H,17,18). The van der Waals surface area contributed by atoms with E-state index in [-0.39, 0.29) is 0 Å². The molecule has 3 rings (SSSR count). The van der Waals surface area contributed by atoms with Crippen LogP contribution in [0.4, 0.5) is 17.3 Å². The number of nitrogens with one attached hydrogen (secondary N) is 1. The Morgan fingerprint density at radius 1 is 1.00 bits per heavy atom. The first-order valence-corrected chi connectivity index (χ1v) is 5.51. The van der Waals surface area contributed by atoms with Gasteiger partial charge in [-0.25, -0.2) is 9.97 Å². The highest BCUT2D eigenvalue weighted by Crippen LogP contribution is 2.26. The lowest BCUT2D eigenvalue weighted by molar-refractivity contribution is 1.21. The topological polar surface area (TPSA) is 76.7 Å². The number of nitrogen functional groups attached to an aromatic ring is 1. The van der Waals surface area contributed by atoms with Crippen LogP contribution in [0.25, 0.3) is 10.8 Å². The van der Waals surface area contributed by atoms with Gasteiger partial charge >= 0.3 is 0 Å². The van der Waals surface area contributed by atoms with Gasteiger partial charge in [-0.15, -0.1) is 0 Å². The van der Waals surface area contributed by atoms with Gasteiger partial charge in [0.2, 0.25) is 0 Å². The third kappa shape index (κ3) is 1.82. The van der Waals surface area contributed by atoms with E-state index in [0.29, 0.717) is 11.6 Å². The smallest absolute Gasteiger partial charge is 0.173 e. The third-order valence-electron chi connectivity index (χ3n) is 2.66. The number of nitrogens with zero attached hydrogens (tertiary/aromatic N) is 3. The fraction of sp³-hybridized carbons (Fsp3) is 0. The molecule has 0 spiro atoms. The number of anilines is 3. The van der Waals surface area contributed by atoms with Crippen molar-refractivity contribution in [2.75, 3.05) is 11.1 Å². The Morgan fingerprint density at radius 2 is 1.89 bits per heavy atom. The van der Waals surface area contributed by atoms with Crippen LogP contribution < -0.4 is 11.1 Å². The molecule has 0 atom stereocenters. The number of benzene rings is 1. The molecule has 0 amide bonds. The molecule has 3 aromatic rings.